The maximum absolute atomic E-state index is 2.50. The summed E-state index contributed by atoms with van der Waals surface area (Å²) in [6.07, 6.45) is 4.99. The molecule has 2 aromatic carbocycles. The Morgan fingerprint density at radius 1 is 0.630 bits per heavy atom. The van der Waals surface area contributed by atoms with Crippen LogP contribution in [0.15, 0.2) is 59.7 Å². The van der Waals surface area contributed by atoms with E-state index in [-0.39, 0.29) is 24.8 Å². The third kappa shape index (κ3) is 4.21. The molecule has 2 atom stereocenters. The Morgan fingerprint density at radius 2 is 1.00 bits per heavy atom. The minimum atomic E-state index is -0.997. The van der Waals surface area contributed by atoms with Crippen LogP contribution in [-0.2, 0) is 22.9 Å². The summed E-state index contributed by atoms with van der Waals surface area (Å²) >= 11 is -0.997. The zero-order valence-electron chi connectivity index (χ0n) is 16.3. The van der Waals surface area contributed by atoms with Crippen LogP contribution in [-0.4, -0.2) is 0 Å². The minimum absolute atomic E-state index is 0. The molecule has 0 aromatic heterocycles. The molecule has 2 aliphatic rings. The molecule has 0 spiro atoms. The fourth-order valence-corrected chi connectivity index (χ4v) is 13.0. The summed E-state index contributed by atoms with van der Waals surface area (Å²) in [5.41, 5.74) is 9.56. The van der Waals surface area contributed by atoms with E-state index in [2.05, 4.69) is 88.4 Å². The van der Waals surface area contributed by atoms with Gasteiger partial charge in [0.25, 0.3) is 0 Å². The summed E-state index contributed by atoms with van der Waals surface area (Å²) in [4.78, 5) is 0. The van der Waals surface area contributed by atoms with Gasteiger partial charge in [0.15, 0.2) is 0 Å². The van der Waals surface area contributed by atoms with E-state index in [1.807, 2.05) is 0 Å². The maximum Gasteiger partial charge on any atom is -1.00 e. The first-order valence-electron chi connectivity index (χ1n) is 9.43. The third-order valence-corrected chi connectivity index (χ3v) is 12.6. The number of allylic oxidation sites excluding steroid dienone is 2. The van der Waals surface area contributed by atoms with E-state index in [4.69, 9.17) is 0 Å². The fourth-order valence-electron chi connectivity index (χ4n) is 4.23. The Balaban J connectivity index is 0.00000131. The van der Waals surface area contributed by atoms with Gasteiger partial charge in [-0.05, 0) is 0 Å². The van der Waals surface area contributed by atoms with Gasteiger partial charge in [0.1, 0.15) is 0 Å². The fraction of sp³-hybridized carbons (Fsp3) is 0.333. The molecule has 0 saturated heterocycles. The summed E-state index contributed by atoms with van der Waals surface area (Å²) in [5.74, 6) is 1.29. The van der Waals surface area contributed by atoms with Gasteiger partial charge in [-0.15, -0.1) is 0 Å². The van der Waals surface area contributed by atoms with Crippen molar-refractivity contribution in [2.24, 2.45) is 11.8 Å². The molecule has 140 valence electrons. The first kappa shape index (κ1) is 22.7. The van der Waals surface area contributed by atoms with Crippen LogP contribution in [0.1, 0.15) is 57.3 Å². The Morgan fingerprint density at radius 3 is 1.37 bits per heavy atom. The number of fused-ring (bicyclic) bond motifs is 2. The zero-order valence-corrected chi connectivity index (χ0v) is 21.4. The first-order chi connectivity index (χ1) is 12.1. The van der Waals surface area contributed by atoms with Crippen molar-refractivity contribution in [1.82, 2.24) is 0 Å². The molecule has 0 radical (unpaired) electrons. The van der Waals surface area contributed by atoms with Gasteiger partial charge >= 0.3 is 164 Å². The predicted octanol–water partition coefficient (Wildman–Crippen LogP) is 0.666. The first-order valence-corrected chi connectivity index (χ1v) is 13.6. The van der Waals surface area contributed by atoms with Crippen molar-refractivity contribution in [3.8, 4) is 0 Å². The van der Waals surface area contributed by atoms with E-state index in [0.717, 1.165) is 7.35 Å². The molecule has 0 saturated carbocycles. The van der Waals surface area contributed by atoms with E-state index >= 15 is 0 Å². The normalized spacial score (nSPS) is 19.5. The quantitative estimate of drug-likeness (QED) is 0.480. The van der Waals surface area contributed by atoms with Crippen molar-refractivity contribution in [1.29, 1.82) is 0 Å². The summed E-state index contributed by atoms with van der Waals surface area (Å²) in [7, 11) is 0. The molecule has 2 unspecified atom stereocenters. The van der Waals surface area contributed by atoms with E-state index < -0.39 is 22.9 Å². The number of hydrogen-bond acceptors (Lipinski definition) is 0. The van der Waals surface area contributed by atoms with Crippen LogP contribution in [0.25, 0.3) is 12.2 Å². The summed E-state index contributed by atoms with van der Waals surface area (Å²) in [6.45, 7) is 9.48. The van der Waals surface area contributed by atoms with Gasteiger partial charge in [-0.25, -0.2) is 0 Å². The summed E-state index contributed by atoms with van der Waals surface area (Å²) < 4.78 is 1.49. The minimum Gasteiger partial charge on any atom is -1.00 e. The van der Waals surface area contributed by atoms with Gasteiger partial charge in [0, 0.05) is 0 Å². The molecule has 0 N–H and O–H groups in total. The smallest absolute Gasteiger partial charge is 1.00 e. The molecule has 0 bridgehead atoms. The van der Waals surface area contributed by atoms with Crippen molar-refractivity contribution in [3.63, 3.8) is 0 Å². The van der Waals surface area contributed by atoms with Crippen molar-refractivity contribution in [3.05, 3.63) is 81.9 Å². The van der Waals surface area contributed by atoms with Crippen molar-refractivity contribution in [2.75, 3.05) is 0 Å². The van der Waals surface area contributed by atoms with Gasteiger partial charge < -0.3 is 24.8 Å². The third-order valence-electron chi connectivity index (χ3n) is 5.59. The standard InChI is InChI=1S/2C12H13.2ClH.Hf/c2*1-9(2)12-7-10-5-3-4-6-11(10)8-12;;;/h2*3-9H,1-2H3;2*1H;/q;;;;+2/p-2. The number of benzene rings is 2. The average molecular weight is 564 g/mol. The van der Waals surface area contributed by atoms with Crippen LogP contribution in [0.5, 0.6) is 0 Å². The molecule has 0 aliphatic heterocycles. The second-order valence-electron chi connectivity index (χ2n) is 7.89. The van der Waals surface area contributed by atoms with Crippen LogP contribution >= 0.6 is 0 Å². The Kier molecular flexibility index (Phi) is 7.76. The van der Waals surface area contributed by atoms with Gasteiger partial charge in [0.05, 0.1) is 0 Å². The second kappa shape index (κ2) is 9.25. The van der Waals surface area contributed by atoms with Gasteiger partial charge in [-0.1, -0.05) is 0 Å². The molecule has 0 heterocycles. The molecular formula is C24H26Cl2Hf. The monoisotopic (exact) mass is 564 g/mol. The summed E-state index contributed by atoms with van der Waals surface area (Å²) in [6, 6.07) is 18.2. The van der Waals surface area contributed by atoms with Crippen LogP contribution in [0, 0.1) is 11.8 Å². The molecule has 2 aromatic rings. The summed E-state index contributed by atoms with van der Waals surface area (Å²) in [5, 5.41) is 0. The number of halogens is 2. The largest absolute Gasteiger partial charge is 1.00 e. The van der Waals surface area contributed by atoms with Crippen LogP contribution in [0.2, 0.25) is 0 Å². The molecule has 3 heteroatoms. The predicted molar refractivity (Wildman–Crippen MR) is 104 cm³/mol. The average Bonchev–Trinajstić information content (AvgIpc) is 3.15. The van der Waals surface area contributed by atoms with Crippen LogP contribution in [0.3, 0.4) is 0 Å². The van der Waals surface area contributed by atoms with Gasteiger partial charge in [-0.2, -0.15) is 0 Å². The van der Waals surface area contributed by atoms with Crippen molar-refractivity contribution < 1.29 is 47.7 Å². The Hall–Kier alpha value is -0.630. The van der Waals surface area contributed by atoms with E-state index in [1.54, 1.807) is 22.3 Å². The molecule has 0 fully saturated rings. The molecule has 0 nitrogen and oxygen atoms in total. The molecule has 4 rings (SSSR count). The Bertz CT molecular complexity index is 793. The van der Waals surface area contributed by atoms with E-state index in [0.29, 0.717) is 11.8 Å². The number of rotatable bonds is 4. The topological polar surface area (TPSA) is 0 Å². The number of hydrogen-bond donors (Lipinski definition) is 0. The van der Waals surface area contributed by atoms with Crippen molar-refractivity contribution >= 4 is 12.2 Å². The second-order valence-corrected chi connectivity index (χ2v) is 13.2. The molecule has 27 heavy (non-hydrogen) atoms. The SMILES string of the molecule is CC(C)C1=Cc2ccccc2[CH]1[Hf+2][CH]1C(C(C)C)=Cc2ccccc21.[Cl-].[Cl-]. The molecule has 0 amide bonds. The van der Waals surface area contributed by atoms with E-state index in [9.17, 15) is 0 Å². The molecular weight excluding hydrogens is 538 g/mol. The Labute approximate surface area is 187 Å². The van der Waals surface area contributed by atoms with Crippen molar-refractivity contribution in [2.45, 2.75) is 35.0 Å². The van der Waals surface area contributed by atoms with E-state index in [1.165, 1.54) is 11.1 Å². The maximum atomic E-state index is 2.50. The molecule has 2 aliphatic carbocycles. The zero-order chi connectivity index (χ0) is 17.6. The van der Waals surface area contributed by atoms with Crippen LogP contribution < -0.4 is 24.8 Å². The van der Waals surface area contributed by atoms with Gasteiger partial charge in [0.2, 0.25) is 0 Å². The van der Waals surface area contributed by atoms with Gasteiger partial charge in [-0.3, -0.25) is 0 Å². The van der Waals surface area contributed by atoms with Crippen LogP contribution in [0.4, 0.5) is 0 Å².